The van der Waals surface area contributed by atoms with Gasteiger partial charge in [0.25, 0.3) is 5.69 Å². The van der Waals surface area contributed by atoms with Crippen molar-refractivity contribution < 1.29 is 19.2 Å². The molecule has 23 heavy (non-hydrogen) atoms. The van der Waals surface area contributed by atoms with E-state index in [0.29, 0.717) is 17.3 Å². The first-order chi connectivity index (χ1) is 11.0. The second kappa shape index (κ2) is 5.79. The molecule has 118 valence electrons. The summed E-state index contributed by atoms with van der Waals surface area (Å²) in [5, 5.41) is 17.7. The fourth-order valence-electron chi connectivity index (χ4n) is 2.05. The third-order valence-corrected chi connectivity index (χ3v) is 3.10. The van der Waals surface area contributed by atoms with Crippen LogP contribution in [0.1, 0.15) is 5.56 Å². The number of carbonyl (C=O) groups excluding carboxylic acids is 1. The number of fused-ring (bicyclic) bond motifs is 1. The van der Waals surface area contributed by atoms with E-state index in [1.165, 1.54) is 24.3 Å². The van der Waals surface area contributed by atoms with Crippen LogP contribution in [0.3, 0.4) is 0 Å². The largest absolute Gasteiger partial charge is 0.454 e. The first-order valence-electron chi connectivity index (χ1n) is 6.59. The van der Waals surface area contributed by atoms with Crippen molar-refractivity contribution in [1.82, 2.24) is 9.78 Å². The van der Waals surface area contributed by atoms with Crippen LogP contribution in [-0.4, -0.2) is 27.4 Å². The molecule has 0 aliphatic carbocycles. The number of nitrogens with one attached hydrogen (secondary N) is 1. The van der Waals surface area contributed by atoms with Crippen LogP contribution in [-0.2, 0) is 11.8 Å². The summed E-state index contributed by atoms with van der Waals surface area (Å²) in [4.78, 5) is 22.4. The maximum absolute atomic E-state index is 11.8. The van der Waals surface area contributed by atoms with Crippen LogP contribution in [0.25, 0.3) is 6.08 Å². The van der Waals surface area contributed by atoms with Crippen molar-refractivity contribution in [3.8, 4) is 11.5 Å². The van der Waals surface area contributed by atoms with Crippen LogP contribution < -0.4 is 14.8 Å². The van der Waals surface area contributed by atoms with Gasteiger partial charge in [-0.3, -0.25) is 19.6 Å². The van der Waals surface area contributed by atoms with Gasteiger partial charge in [-0.15, -0.1) is 0 Å². The number of nitrogens with zero attached hydrogens (tertiary/aromatic N) is 3. The van der Waals surface area contributed by atoms with Crippen molar-refractivity contribution in [2.45, 2.75) is 0 Å². The molecule has 9 nitrogen and oxygen atoms in total. The quantitative estimate of drug-likeness (QED) is 0.522. The molecular formula is C14H12N4O5. The van der Waals surface area contributed by atoms with Crippen LogP contribution in [0.4, 0.5) is 11.5 Å². The fourth-order valence-corrected chi connectivity index (χ4v) is 2.05. The zero-order valence-corrected chi connectivity index (χ0v) is 12.1. The molecule has 1 amide bonds. The molecule has 3 rings (SSSR count). The van der Waals surface area contributed by atoms with E-state index >= 15 is 0 Å². The van der Waals surface area contributed by atoms with Crippen LogP contribution in [0.2, 0.25) is 0 Å². The lowest BCUT2D eigenvalue weighted by atomic mass is 10.1. The summed E-state index contributed by atoms with van der Waals surface area (Å²) in [6, 6.07) is 4.37. The van der Waals surface area contributed by atoms with Crippen molar-refractivity contribution in [3.05, 3.63) is 46.1 Å². The molecule has 0 saturated heterocycles. The molecule has 1 aromatic heterocycles. The Morgan fingerprint density at radius 1 is 1.43 bits per heavy atom. The summed E-state index contributed by atoms with van der Waals surface area (Å²) in [7, 11) is 1.72. The molecule has 1 aromatic carbocycles. The molecule has 1 aliphatic heterocycles. The predicted molar refractivity (Wildman–Crippen MR) is 80.1 cm³/mol. The fraction of sp³-hybridized carbons (Fsp3) is 0.143. The molecular weight excluding hydrogens is 304 g/mol. The van der Waals surface area contributed by atoms with Gasteiger partial charge in [0, 0.05) is 25.4 Å². The van der Waals surface area contributed by atoms with Gasteiger partial charge in [-0.25, -0.2) is 0 Å². The standard InChI is InChI=1S/C14H12N4O5/c1-17-5-4-13(16-17)15-14(19)3-2-9-6-11-12(23-8-22-11)7-10(9)18(20)21/h2-7H,8H2,1H3,(H,15,16,19)/b3-2+. The number of hydrogen-bond donors (Lipinski definition) is 1. The maximum atomic E-state index is 11.8. The van der Waals surface area contributed by atoms with Crippen LogP contribution in [0, 0.1) is 10.1 Å². The Labute approximate surface area is 130 Å². The van der Waals surface area contributed by atoms with Gasteiger partial charge in [-0.05, 0) is 12.1 Å². The number of nitro benzene ring substituents is 1. The molecule has 0 spiro atoms. The van der Waals surface area contributed by atoms with Gasteiger partial charge in [0.2, 0.25) is 12.7 Å². The Balaban J connectivity index is 1.81. The Bertz CT molecular complexity index is 811. The molecule has 9 heteroatoms. The van der Waals surface area contributed by atoms with E-state index in [2.05, 4.69) is 10.4 Å². The number of carbonyl (C=O) groups is 1. The van der Waals surface area contributed by atoms with Gasteiger partial charge < -0.3 is 14.8 Å². The number of aryl methyl sites for hydroxylation is 1. The van der Waals surface area contributed by atoms with E-state index in [-0.39, 0.29) is 18.0 Å². The average Bonchev–Trinajstić information content (AvgIpc) is 3.12. The van der Waals surface area contributed by atoms with E-state index < -0.39 is 10.8 Å². The highest BCUT2D eigenvalue weighted by atomic mass is 16.7. The highest BCUT2D eigenvalue weighted by Gasteiger charge is 2.22. The van der Waals surface area contributed by atoms with Crippen LogP contribution in [0.15, 0.2) is 30.5 Å². The Morgan fingerprint density at radius 3 is 2.83 bits per heavy atom. The monoisotopic (exact) mass is 316 g/mol. The average molecular weight is 316 g/mol. The Morgan fingerprint density at radius 2 is 2.17 bits per heavy atom. The number of ether oxygens (including phenoxy) is 2. The lowest BCUT2D eigenvalue weighted by molar-refractivity contribution is -0.385. The molecule has 0 saturated carbocycles. The molecule has 0 fully saturated rings. The first-order valence-corrected chi connectivity index (χ1v) is 6.59. The zero-order valence-electron chi connectivity index (χ0n) is 12.1. The summed E-state index contributed by atoms with van der Waals surface area (Å²) in [6.45, 7) is 0.0137. The van der Waals surface area contributed by atoms with Gasteiger partial charge in [0.15, 0.2) is 17.3 Å². The normalized spacial score (nSPS) is 12.6. The number of amides is 1. The minimum absolute atomic E-state index is 0.0137. The number of anilines is 1. The summed E-state index contributed by atoms with van der Waals surface area (Å²) < 4.78 is 11.8. The van der Waals surface area contributed by atoms with E-state index in [1.807, 2.05) is 0 Å². The topological polar surface area (TPSA) is 109 Å². The third kappa shape index (κ3) is 3.12. The van der Waals surface area contributed by atoms with E-state index in [4.69, 9.17) is 9.47 Å². The SMILES string of the molecule is Cn1ccc(NC(=O)/C=C/c2cc3c(cc2[N+](=O)[O-])OCO3)n1. The summed E-state index contributed by atoms with van der Waals surface area (Å²) in [6.07, 6.45) is 4.22. The van der Waals surface area contributed by atoms with E-state index in [9.17, 15) is 14.9 Å². The summed E-state index contributed by atoms with van der Waals surface area (Å²) in [5.74, 6) is 0.658. The van der Waals surface area contributed by atoms with Gasteiger partial charge in [0.05, 0.1) is 16.6 Å². The lowest BCUT2D eigenvalue weighted by Gasteiger charge is -2.01. The molecule has 0 bridgehead atoms. The second-order valence-corrected chi connectivity index (χ2v) is 4.72. The number of rotatable bonds is 4. The van der Waals surface area contributed by atoms with Crippen molar-refractivity contribution in [3.63, 3.8) is 0 Å². The van der Waals surface area contributed by atoms with E-state index in [0.717, 1.165) is 0 Å². The zero-order chi connectivity index (χ0) is 16.4. The van der Waals surface area contributed by atoms with Gasteiger partial charge >= 0.3 is 0 Å². The van der Waals surface area contributed by atoms with Crippen LogP contribution >= 0.6 is 0 Å². The number of aromatic nitrogens is 2. The maximum Gasteiger partial charge on any atom is 0.280 e. The second-order valence-electron chi connectivity index (χ2n) is 4.72. The van der Waals surface area contributed by atoms with Crippen molar-refractivity contribution in [2.75, 3.05) is 12.1 Å². The van der Waals surface area contributed by atoms with Crippen LogP contribution in [0.5, 0.6) is 11.5 Å². The minimum Gasteiger partial charge on any atom is -0.454 e. The van der Waals surface area contributed by atoms with Gasteiger partial charge in [0.1, 0.15) is 0 Å². The van der Waals surface area contributed by atoms with Crippen molar-refractivity contribution >= 4 is 23.5 Å². The van der Waals surface area contributed by atoms with E-state index in [1.54, 1.807) is 24.0 Å². The summed E-state index contributed by atoms with van der Waals surface area (Å²) in [5.41, 5.74) is 0.0755. The van der Waals surface area contributed by atoms with Crippen molar-refractivity contribution in [2.24, 2.45) is 7.05 Å². The first kappa shape index (κ1) is 14.6. The molecule has 1 aliphatic rings. The molecule has 0 atom stereocenters. The number of nitro groups is 1. The molecule has 0 unspecified atom stereocenters. The molecule has 2 heterocycles. The summed E-state index contributed by atoms with van der Waals surface area (Å²) >= 11 is 0. The Hall–Kier alpha value is -3.36. The third-order valence-electron chi connectivity index (χ3n) is 3.10. The number of hydrogen-bond acceptors (Lipinski definition) is 6. The predicted octanol–water partition coefficient (Wildman–Crippen LogP) is 1.71. The van der Waals surface area contributed by atoms with Gasteiger partial charge in [-0.1, -0.05) is 0 Å². The minimum atomic E-state index is -0.543. The molecule has 2 aromatic rings. The molecule has 1 N–H and O–H groups in total. The van der Waals surface area contributed by atoms with Gasteiger partial charge in [-0.2, -0.15) is 5.10 Å². The number of benzene rings is 1. The highest BCUT2D eigenvalue weighted by molar-refractivity contribution is 6.01. The highest BCUT2D eigenvalue weighted by Crippen LogP contribution is 2.38. The Kier molecular flexibility index (Phi) is 3.67. The van der Waals surface area contributed by atoms with Crippen molar-refractivity contribution in [1.29, 1.82) is 0 Å². The molecule has 0 radical (unpaired) electrons. The lowest BCUT2D eigenvalue weighted by Crippen LogP contribution is -2.08. The smallest absolute Gasteiger partial charge is 0.280 e.